The molecule has 0 amide bonds. The van der Waals surface area contributed by atoms with Gasteiger partial charge in [-0.25, -0.2) is 13.1 Å². The summed E-state index contributed by atoms with van der Waals surface area (Å²) in [5.41, 5.74) is 0.0923. The number of alkyl halides is 3. The summed E-state index contributed by atoms with van der Waals surface area (Å²) in [6.07, 6.45) is -2.87. The number of benzene rings is 1. The van der Waals surface area contributed by atoms with Gasteiger partial charge < -0.3 is 0 Å². The number of sulfonamides is 1. The minimum absolute atomic E-state index is 0.0384. The van der Waals surface area contributed by atoms with Gasteiger partial charge >= 0.3 is 6.18 Å². The summed E-state index contributed by atoms with van der Waals surface area (Å²) in [7, 11) is -3.63. The largest absolute Gasteiger partial charge is 0.435 e. The van der Waals surface area contributed by atoms with Crippen LogP contribution in [0, 0.1) is 0 Å². The number of halogens is 4. The minimum Gasteiger partial charge on any atom is -0.267 e. The molecule has 1 fully saturated rings. The molecular formula is C16H17ClF3N3O2S. The van der Waals surface area contributed by atoms with Crippen LogP contribution < -0.4 is 4.72 Å². The average Bonchev–Trinajstić information content (AvgIpc) is 3.26. The number of nitrogens with one attached hydrogen (secondary N) is 1. The first kappa shape index (κ1) is 19.2. The maximum atomic E-state index is 12.9. The van der Waals surface area contributed by atoms with Crippen LogP contribution in [0.5, 0.6) is 0 Å². The Kier molecular flexibility index (Phi) is 5.32. The molecule has 0 atom stereocenters. The molecule has 0 radical (unpaired) electrons. The smallest absolute Gasteiger partial charge is 0.267 e. The quantitative estimate of drug-likeness (QED) is 0.763. The molecule has 1 aliphatic carbocycles. The van der Waals surface area contributed by atoms with Crippen molar-refractivity contribution in [1.82, 2.24) is 14.5 Å². The normalized spacial score (nSPS) is 15.4. The van der Waals surface area contributed by atoms with Gasteiger partial charge in [0.2, 0.25) is 10.0 Å². The fourth-order valence-corrected chi connectivity index (χ4v) is 4.00. The molecular weight excluding hydrogens is 391 g/mol. The Bertz CT molecular complexity index is 892. The van der Waals surface area contributed by atoms with Gasteiger partial charge in [-0.2, -0.15) is 18.3 Å². The van der Waals surface area contributed by atoms with Crippen LogP contribution in [0.25, 0.3) is 0 Å². The van der Waals surface area contributed by atoms with E-state index in [-0.39, 0.29) is 24.8 Å². The SMILES string of the molecule is O=S(=O)(Cc1cccc(Cl)c1)NCCn1nc(C(F)(F)F)cc1C1CC1. The van der Waals surface area contributed by atoms with Crippen molar-refractivity contribution in [3.05, 3.63) is 52.3 Å². The summed E-state index contributed by atoms with van der Waals surface area (Å²) in [6, 6.07) is 7.53. The van der Waals surface area contributed by atoms with Crippen molar-refractivity contribution >= 4 is 21.6 Å². The van der Waals surface area contributed by atoms with Crippen LogP contribution in [0.1, 0.15) is 35.7 Å². The van der Waals surface area contributed by atoms with Gasteiger partial charge in [0, 0.05) is 23.2 Å². The minimum atomic E-state index is -4.51. The standard InChI is InChI=1S/C16H17ClF3N3O2S/c17-13-3-1-2-11(8-13)10-26(24,25)21-6-7-23-14(12-4-5-12)9-15(22-23)16(18,19)20/h1-3,8-9,12,21H,4-7,10H2. The van der Waals surface area contributed by atoms with E-state index >= 15 is 0 Å². The monoisotopic (exact) mass is 407 g/mol. The van der Waals surface area contributed by atoms with Crippen LogP contribution in [-0.4, -0.2) is 24.7 Å². The lowest BCUT2D eigenvalue weighted by atomic mass is 10.2. The molecule has 0 saturated heterocycles. The summed E-state index contributed by atoms with van der Waals surface area (Å²) >= 11 is 5.83. The molecule has 1 saturated carbocycles. The highest BCUT2D eigenvalue weighted by molar-refractivity contribution is 7.88. The van der Waals surface area contributed by atoms with E-state index in [1.807, 2.05) is 0 Å². The Hall–Kier alpha value is -1.58. The predicted molar refractivity (Wildman–Crippen MR) is 91.3 cm³/mol. The third kappa shape index (κ3) is 4.99. The summed E-state index contributed by atoms with van der Waals surface area (Å²) in [6.45, 7) is -0.00170. The topological polar surface area (TPSA) is 64.0 Å². The second kappa shape index (κ2) is 7.21. The van der Waals surface area contributed by atoms with Crippen LogP contribution in [0.15, 0.2) is 30.3 Å². The third-order valence-corrected chi connectivity index (χ3v) is 5.58. The van der Waals surface area contributed by atoms with E-state index in [0.29, 0.717) is 16.3 Å². The number of rotatable bonds is 7. The van der Waals surface area contributed by atoms with Crippen molar-refractivity contribution in [2.45, 2.75) is 37.2 Å². The van der Waals surface area contributed by atoms with Crippen LogP contribution in [0.3, 0.4) is 0 Å². The Morgan fingerprint density at radius 1 is 1.27 bits per heavy atom. The molecule has 5 nitrogen and oxygen atoms in total. The molecule has 1 aromatic carbocycles. The zero-order valence-corrected chi connectivity index (χ0v) is 15.2. The summed E-state index contributed by atoms with van der Waals surface area (Å²) < 4.78 is 66.5. The number of hydrogen-bond donors (Lipinski definition) is 1. The van der Waals surface area contributed by atoms with E-state index in [1.54, 1.807) is 24.3 Å². The Morgan fingerprint density at radius 2 is 2.00 bits per heavy atom. The number of hydrogen-bond acceptors (Lipinski definition) is 3. The molecule has 1 N–H and O–H groups in total. The molecule has 142 valence electrons. The summed E-state index contributed by atoms with van der Waals surface area (Å²) in [4.78, 5) is 0. The lowest BCUT2D eigenvalue weighted by molar-refractivity contribution is -0.141. The zero-order chi connectivity index (χ0) is 18.9. The zero-order valence-electron chi connectivity index (χ0n) is 13.6. The second-order valence-corrected chi connectivity index (χ2v) is 8.48. The predicted octanol–water partition coefficient (Wildman–Crippen LogP) is 3.55. The Labute approximate surface area is 154 Å². The van der Waals surface area contributed by atoms with Crippen LogP contribution >= 0.6 is 11.6 Å². The maximum Gasteiger partial charge on any atom is 0.435 e. The van der Waals surface area contributed by atoms with Gasteiger partial charge in [0.1, 0.15) is 0 Å². The van der Waals surface area contributed by atoms with Gasteiger partial charge in [0.05, 0.1) is 12.3 Å². The molecule has 2 aromatic rings. The van der Waals surface area contributed by atoms with Crippen molar-refractivity contribution in [2.75, 3.05) is 6.54 Å². The van der Waals surface area contributed by atoms with Crippen LogP contribution in [0.4, 0.5) is 13.2 Å². The van der Waals surface area contributed by atoms with E-state index in [4.69, 9.17) is 11.6 Å². The van der Waals surface area contributed by atoms with Crippen molar-refractivity contribution in [1.29, 1.82) is 0 Å². The molecule has 0 aliphatic heterocycles. The highest BCUT2D eigenvalue weighted by atomic mass is 35.5. The van der Waals surface area contributed by atoms with Gasteiger partial charge in [0.25, 0.3) is 0 Å². The van der Waals surface area contributed by atoms with Gasteiger partial charge in [-0.05, 0) is 36.6 Å². The summed E-state index contributed by atoms with van der Waals surface area (Å²) in [5.74, 6) is -0.183. The third-order valence-electron chi connectivity index (χ3n) is 3.99. The van der Waals surface area contributed by atoms with Crippen molar-refractivity contribution in [3.63, 3.8) is 0 Å². The molecule has 1 aromatic heterocycles. The van der Waals surface area contributed by atoms with E-state index < -0.39 is 21.9 Å². The summed E-state index contributed by atoms with van der Waals surface area (Å²) in [5, 5.41) is 4.03. The first-order valence-corrected chi connectivity index (χ1v) is 10.0. The lowest BCUT2D eigenvalue weighted by Crippen LogP contribution is -2.29. The fourth-order valence-electron chi connectivity index (χ4n) is 2.66. The molecule has 1 heterocycles. The Morgan fingerprint density at radius 3 is 2.62 bits per heavy atom. The fraction of sp³-hybridized carbons (Fsp3) is 0.438. The van der Waals surface area contributed by atoms with E-state index in [1.165, 1.54) is 4.68 Å². The molecule has 0 unspecified atom stereocenters. The Balaban J connectivity index is 1.63. The van der Waals surface area contributed by atoms with Crippen molar-refractivity contribution in [2.24, 2.45) is 0 Å². The second-order valence-electron chi connectivity index (χ2n) is 6.23. The van der Waals surface area contributed by atoms with Crippen LogP contribution in [-0.2, 0) is 28.5 Å². The van der Waals surface area contributed by atoms with E-state index in [0.717, 1.165) is 18.9 Å². The highest BCUT2D eigenvalue weighted by Gasteiger charge is 2.37. The van der Waals surface area contributed by atoms with Crippen LogP contribution in [0.2, 0.25) is 5.02 Å². The maximum absolute atomic E-state index is 12.9. The molecule has 3 rings (SSSR count). The molecule has 0 spiro atoms. The van der Waals surface area contributed by atoms with Crippen molar-refractivity contribution in [3.8, 4) is 0 Å². The van der Waals surface area contributed by atoms with E-state index in [2.05, 4.69) is 9.82 Å². The van der Waals surface area contributed by atoms with Gasteiger partial charge in [-0.1, -0.05) is 23.7 Å². The number of nitrogens with zero attached hydrogens (tertiary/aromatic N) is 2. The molecule has 0 bridgehead atoms. The first-order valence-electron chi connectivity index (χ1n) is 8.01. The average molecular weight is 408 g/mol. The van der Waals surface area contributed by atoms with E-state index in [9.17, 15) is 21.6 Å². The van der Waals surface area contributed by atoms with Gasteiger partial charge in [0.15, 0.2) is 5.69 Å². The first-order chi connectivity index (χ1) is 12.1. The van der Waals surface area contributed by atoms with Crippen molar-refractivity contribution < 1.29 is 21.6 Å². The molecule has 1 aliphatic rings. The van der Waals surface area contributed by atoms with Gasteiger partial charge in [-0.3, -0.25) is 4.68 Å². The highest BCUT2D eigenvalue weighted by Crippen LogP contribution is 2.42. The van der Waals surface area contributed by atoms with Gasteiger partial charge in [-0.15, -0.1) is 0 Å². The lowest BCUT2D eigenvalue weighted by Gasteiger charge is -2.09. The number of aromatic nitrogens is 2. The molecule has 10 heteroatoms. The molecule has 26 heavy (non-hydrogen) atoms.